The standard InChI is InChI=1S/C45H73N11O12S2/c1-21(2)16-31(51-37(59)23(5)49-40(62)32(52-38(60)28(47)19-69)17-26-18-48-29-13-9-8-12-27(26)29)41(63)56-36(25(7)58)44(66)54-34(22(3)4)42(64)50-30(14-10-11-15-46)39(61)55-35(24(6)57)43(65)53-33(20-70)45(67)68/h8-9,12-13,18,21-25,28,30-36,48,57-58,69-70H,10-11,14-17,19-20,46-47H2,1-7H3,(H,49,62)(H,50,64)(H,51,59)(H,52,60)(H,53,65)(H,54,66)(H,55,61)(H,56,63)(H,67,68)/t23-,24+,25+,28-,30-,31-,32-,33-,34-,35-,36-/m0/s1. The van der Waals surface area contributed by atoms with E-state index in [1.807, 2.05) is 24.3 Å². The third kappa shape index (κ3) is 19.0. The van der Waals surface area contributed by atoms with E-state index >= 15 is 0 Å². The Labute approximate surface area is 418 Å². The molecule has 1 aromatic carbocycles. The Morgan fingerprint density at radius 1 is 0.600 bits per heavy atom. The van der Waals surface area contributed by atoms with E-state index in [2.05, 4.69) is 72.8 Å². The monoisotopic (exact) mass is 1020 g/mol. The van der Waals surface area contributed by atoms with Gasteiger partial charge in [-0.15, -0.1) is 0 Å². The first-order chi connectivity index (χ1) is 32.9. The average Bonchev–Trinajstić information content (AvgIpc) is 3.70. The van der Waals surface area contributed by atoms with Gasteiger partial charge in [0.05, 0.1) is 18.2 Å². The molecular weight excluding hydrogens is 951 g/mol. The molecule has 1 heterocycles. The number of benzene rings is 1. The number of thiol groups is 2. The molecule has 0 spiro atoms. The van der Waals surface area contributed by atoms with Crippen molar-refractivity contribution in [1.82, 2.24) is 47.5 Å². The molecule has 0 fully saturated rings. The van der Waals surface area contributed by atoms with Crippen molar-refractivity contribution >= 4 is 89.4 Å². The molecule has 0 bridgehead atoms. The molecule has 70 heavy (non-hydrogen) atoms. The number of hydrogen-bond donors (Lipinski definition) is 16. The summed E-state index contributed by atoms with van der Waals surface area (Å²) >= 11 is 7.99. The Bertz CT molecular complexity index is 2110. The minimum atomic E-state index is -1.68. The minimum absolute atomic E-state index is 0.000954. The largest absolute Gasteiger partial charge is 0.480 e. The van der Waals surface area contributed by atoms with Gasteiger partial charge in [-0.3, -0.25) is 38.4 Å². The van der Waals surface area contributed by atoms with E-state index in [9.17, 15) is 58.5 Å². The van der Waals surface area contributed by atoms with E-state index in [0.29, 0.717) is 18.4 Å². The van der Waals surface area contributed by atoms with Crippen LogP contribution in [0.4, 0.5) is 0 Å². The van der Waals surface area contributed by atoms with Crippen molar-refractivity contribution in [2.24, 2.45) is 23.3 Å². The fourth-order valence-electron chi connectivity index (χ4n) is 7.04. The number of fused-ring (bicyclic) bond motifs is 1. The van der Waals surface area contributed by atoms with Crippen LogP contribution >= 0.6 is 25.3 Å². The minimum Gasteiger partial charge on any atom is -0.480 e. The number of unbranched alkanes of at least 4 members (excludes halogenated alkanes) is 1. The summed E-state index contributed by atoms with van der Waals surface area (Å²) < 4.78 is 0. The molecule has 0 aliphatic rings. The van der Waals surface area contributed by atoms with Gasteiger partial charge in [-0.05, 0) is 76.5 Å². The van der Waals surface area contributed by atoms with Crippen molar-refractivity contribution in [3.05, 3.63) is 36.0 Å². The number of aromatic amines is 1. The topological polar surface area (TPSA) is 378 Å². The molecule has 0 saturated carbocycles. The summed E-state index contributed by atoms with van der Waals surface area (Å²) in [5.41, 5.74) is 13.0. The Kier molecular flexibility index (Phi) is 25.7. The second-order valence-corrected chi connectivity index (χ2v) is 18.7. The van der Waals surface area contributed by atoms with Gasteiger partial charge in [-0.2, -0.15) is 25.3 Å². The van der Waals surface area contributed by atoms with E-state index in [1.165, 1.54) is 20.8 Å². The molecule has 23 nitrogen and oxygen atoms in total. The van der Waals surface area contributed by atoms with Crippen LogP contribution in [0.3, 0.4) is 0 Å². The molecule has 2 aromatic rings. The van der Waals surface area contributed by atoms with Crippen LogP contribution in [0, 0.1) is 11.8 Å². The lowest BCUT2D eigenvalue weighted by Crippen LogP contribution is -2.63. The highest BCUT2D eigenvalue weighted by molar-refractivity contribution is 7.80. The molecule has 0 unspecified atom stereocenters. The lowest BCUT2D eigenvalue weighted by atomic mass is 9.99. The highest BCUT2D eigenvalue weighted by Crippen LogP contribution is 2.20. The molecule has 0 radical (unpaired) electrons. The number of carbonyl (C=O) groups excluding carboxylic acids is 8. The van der Waals surface area contributed by atoms with Crippen LogP contribution in [-0.4, -0.2) is 158 Å². The maximum absolute atomic E-state index is 13.9. The van der Waals surface area contributed by atoms with Crippen LogP contribution in [0.25, 0.3) is 10.9 Å². The number of aliphatic hydroxyl groups excluding tert-OH is 2. The number of aliphatic carboxylic acids is 1. The number of amides is 8. The number of nitrogens with one attached hydrogen (secondary N) is 9. The first-order valence-electron chi connectivity index (χ1n) is 23.1. The summed E-state index contributed by atoms with van der Waals surface area (Å²) in [6, 6.07) is -4.86. The summed E-state index contributed by atoms with van der Waals surface area (Å²) in [5, 5.41) is 51.2. The highest BCUT2D eigenvalue weighted by atomic mass is 32.1. The Hall–Kier alpha value is -5.47. The molecule has 25 heteroatoms. The molecule has 8 amide bonds. The fourth-order valence-corrected chi connectivity index (χ4v) is 7.45. The van der Waals surface area contributed by atoms with Crippen LogP contribution in [0.2, 0.25) is 0 Å². The van der Waals surface area contributed by atoms with E-state index in [1.54, 1.807) is 33.9 Å². The number of nitrogens with two attached hydrogens (primary N) is 2. The Morgan fingerprint density at radius 2 is 1.10 bits per heavy atom. The molecule has 1 aromatic heterocycles. The van der Waals surface area contributed by atoms with Gasteiger partial charge in [0.2, 0.25) is 47.3 Å². The SMILES string of the molecule is CC(C)C[C@H](NC(=O)[C@H](C)NC(=O)[C@H](Cc1c[nH]c2ccccc12)NC(=O)[C@@H](N)CS)C(=O)N[C@H](C(=O)N[C@H](C(=O)N[C@@H](CCCCN)C(=O)N[C@H](C(=O)N[C@@H](CS)C(=O)O)[C@@H](C)O)C(C)C)[C@@H](C)O. The average molecular weight is 1020 g/mol. The molecule has 11 atom stereocenters. The second kappa shape index (κ2) is 29.7. The first kappa shape index (κ1) is 60.7. The van der Waals surface area contributed by atoms with Gasteiger partial charge in [0.1, 0.15) is 48.3 Å². The third-order valence-electron chi connectivity index (χ3n) is 11.1. The van der Waals surface area contributed by atoms with E-state index < -0.39 is 126 Å². The van der Waals surface area contributed by atoms with Crippen LogP contribution < -0.4 is 54.0 Å². The van der Waals surface area contributed by atoms with Crippen molar-refractivity contribution in [2.75, 3.05) is 18.1 Å². The van der Waals surface area contributed by atoms with Crippen molar-refractivity contribution in [3.8, 4) is 0 Å². The number of carboxylic acid groups (broad SMARTS) is 1. The van der Waals surface area contributed by atoms with E-state index in [0.717, 1.165) is 10.9 Å². The van der Waals surface area contributed by atoms with Gasteiger partial charge < -0.3 is 74.3 Å². The molecular formula is C45H73N11O12S2. The predicted octanol–water partition coefficient (Wildman–Crippen LogP) is -2.53. The zero-order chi connectivity index (χ0) is 53.0. The zero-order valence-electron chi connectivity index (χ0n) is 40.6. The van der Waals surface area contributed by atoms with Gasteiger partial charge in [0, 0.05) is 35.0 Å². The molecule has 16 N–H and O–H groups in total. The van der Waals surface area contributed by atoms with Crippen molar-refractivity contribution in [2.45, 2.75) is 147 Å². The van der Waals surface area contributed by atoms with Gasteiger partial charge >= 0.3 is 5.97 Å². The number of carboxylic acids is 1. The van der Waals surface area contributed by atoms with Crippen molar-refractivity contribution < 1.29 is 58.5 Å². The zero-order valence-corrected chi connectivity index (χ0v) is 42.4. The van der Waals surface area contributed by atoms with Crippen LogP contribution in [-0.2, 0) is 49.6 Å². The van der Waals surface area contributed by atoms with Crippen LogP contribution in [0.1, 0.15) is 79.7 Å². The smallest absolute Gasteiger partial charge is 0.327 e. The third-order valence-corrected chi connectivity index (χ3v) is 11.9. The summed E-state index contributed by atoms with van der Waals surface area (Å²) in [7, 11) is 0. The molecule has 392 valence electrons. The number of aliphatic hydroxyl groups is 2. The summed E-state index contributed by atoms with van der Waals surface area (Å²) in [6.45, 7) is 10.8. The number of hydrogen-bond acceptors (Lipinski definition) is 15. The van der Waals surface area contributed by atoms with E-state index in [4.69, 9.17) is 11.5 Å². The van der Waals surface area contributed by atoms with Crippen molar-refractivity contribution in [3.63, 3.8) is 0 Å². The number of H-pyrrole nitrogens is 1. The van der Waals surface area contributed by atoms with Crippen LogP contribution in [0.5, 0.6) is 0 Å². The Morgan fingerprint density at radius 3 is 1.63 bits per heavy atom. The summed E-state index contributed by atoms with van der Waals surface area (Å²) in [4.78, 5) is 123. The molecule has 2 rings (SSSR count). The lowest BCUT2D eigenvalue weighted by molar-refractivity contribution is -0.142. The quantitative estimate of drug-likeness (QED) is 0.0284. The maximum atomic E-state index is 13.9. The van der Waals surface area contributed by atoms with Gasteiger partial charge in [-0.1, -0.05) is 45.9 Å². The second-order valence-electron chi connectivity index (χ2n) is 17.9. The van der Waals surface area contributed by atoms with Crippen LogP contribution in [0.15, 0.2) is 30.5 Å². The number of carbonyl (C=O) groups is 9. The summed E-state index contributed by atoms with van der Waals surface area (Å²) in [6.07, 6.45) is -0.507. The summed E-state index contributed by atoms with van der Waals surface area (Å²) in [5.74, 6) is -9.36. The number of rotatable bonds is 30. The number of aromatic nitrogens is 1. The molecule has 0 saturated heterocycles. The van der Waals surface area contributed by atoms with Gasteiger partial charge in [0.25, 0.3) is 0 Å². The normalized spacial score (nSPS) is 16.2. The van der Waals surface area contributed by atoms with Gasteiger partial charge in [-0.25, -0.2) is 4.79 Å². The number of para-hydroxylation sites is 1. The fraction of sp³-hybridized carbons (Fsp3) is 0.622. The van der Waals surface area contributed by atoms with E-state index in [-0.39, 0.29) is 43.2 Å². The maximum Gasteiger partial charge on any atom is 0.327 e. The Balaban J connectivity index is 2.27. The molecule has 0 aliphatic carbocycles. The first-order valence-corrected chi connectivity index (χ1v) is 24.4. The highest BCUT2D eigenvalue weighted by Gasteiger charge is 2.37. The van der Waals surface area contributed by atoms with Crippen molar-refractivity contribution in [1.29, 1.82) is 0 Å². The molecule has 0 aliphatic heterocycles. The predicted molar refractivity (Wildman–Crippen MR) is 267 cm³/mol. The lowest BCUT2D eigenvalue weighted by Gasteiger charge is -2.30. The van der Waals surface area contributed by atoms with Gasteiger partial charge in [0.15, 0.2) is 0 Å².